The average molecular weight is 277 g/mol. The molecular weight excluding hydrogens is 260 g/mol. The van der Waals surface area contributed by atoms with Gasteiger partial charge in [-0.15, -0.1) is 0 Å². The minimum atomic E-state index is 0.414. The van der Waals surface area contributed by atoms with Gasteiger partial charge in [-0.05, 0) is 19.9 Å². The van der Waals surface area contributed by atoms with Crippen LogP contribution in [-0.2, 0) is 13.2 Å². The molecule has 1 heterocycles. The Labute approximate surface area is 118 Å². The van der Waals surface area contributed by atoms with Gasteiger partial charge in [-0.2, -0.15) is 0 Å². The molecule has 19 heavy (non-hydrogen) atoms. The normalized spacial score (nSPS) is 10.5. The summed E-state index contributed by atoms with van der Waals surface area (Å²) < 4.78 is 5.85. The highest BCUT2D eigenvalue weighted by Gasteiger charge is 2.09. The monoisotopic (exact) mass is 276 g/mol. The molecule has 0 bridgehead atoms. The minimum Gasteiger partial charge on any atom is -0.488 e. The van der Waals surface area contributed by atoms with E-state index >= 15 is 0 Å². The Bertz CT molecular complexity index is 584. The molecule has 0 unspecified atom stereocenters. The van der Waals surface area contributed by atoms with Gasteiger partial charge in [0, 0.05) is 40.1 Å². The predicted octanol–water partition coefficient (Wildman–Crippen LogP) is 3.39. The van der Waals surface area contributed by atoms with Gasteiger partial charge in [-0.25, -0.2) is 0 Å². The van der Waals surface area contributed by atoms with E-state index in [9.17, 15) is 0 Å². The van der Waals surface area contributed by atoms with E-state index in [1.165, 1.54) is 0 Å². The Morgan fingerprint density at radius 2 is 2.00 bits per heavy atom. The van der Waals surface area contributed by atoms with Crippen LogP contribution >= 0.6 is 11.6 Å². The van der Waals surface area contributed by atoms with Gasteiger partial charge in [0.25, 0.3) is 0 Å². The van der Waals surface area contributed by atoms with Gasteiger partial charge in [0.2, 0.25) is 0 Å². The van der Waals surface area contributed by atoms with Crippen molar-refractivity contribution >= 4 is 11.6 Å². The number of pyridine rings is 1. The molecule has 0 aliphatic heterocycles. The SMILES string of the molecule is Cc1cc(OCc2ccccc2Cl)c(CN)c(C)n1. The van der Waals surface area contributed by atoms with E-state index in [-0.39, 0.29) is 0 Å². The smallest absolute Gasteiger partial charge is 0.127 e. The maximum absolute atomic E-state index is 6.11. The number of benzene rings is 1. The van der Waals surface area contributed by atoms with E-state index in [0.29, 0.717) is 18.2 Å². The molecule has 0 spiro atoms. The Kier molecular flexibility index (Phi) is 4.40. The number of hydrogen-bond donors (Lipinski definition) is 1. The molecule has 0 saturated carbocycles. The largest absolute Gasteiger partial charge is 0.488 e. The van der Waals surface area contributed by atoms with E-state index in [0.717, 1.165) is 28.3 Å². The van der Waals surface area contributed by atoms with Crippen molar-refractivity contribution in [3.63, 3.8) is 0 Å². The summed E-state index contributed by atoms with van der Waals surface area (Å²) in [7, 11) is 0. The second-order valence-electron chi connectivity index (χ2n) is 4.41. The van der Waals surface area contributed by atoms with Crippen molar-refractivity contribution in [3.05, 3.63) is 57.9 Å². The molecule has 100 valence electrons. The second-order valence-corrected chi connectivity index (χ2v) is 4.82. The lowest BCUT2D eigenvalue weighted by molar-refractivity contribution is 0.302. The zero-order valence-corrected chi connectivity index (χ0v) is 11.9. The zero-order valence-electron chi connectivity index (χ0n) is 11.1. The van der Waals surface area contributed by atoms with E-state index < -0.39 is 0 Å². The van der Waals surface area contributed by atoms with Crippen molar-refractivity contribution < 1.29 is 4.74 Å². The van der Waals surface area contributed by atoms with Gasteiger partial charge in [0.1, 0.15) is 12.4 Å². The average Bonchev–Trinajstić information content (AvgIpc) is 2.37. The van der Waals surface area contributed by atoms with E-state index in [2.05, 4.69) is 4.98 Å². The minimum absolute atomic E-state index is 0.414. The molecule has 0 radical (unpaired) electrons. The van der Waals surface area contributed by atoms with Gasteiger partial charge < -0.3 is 10.5 Å². The number of aromatic nitrogens is 1. The highest BCUT2D eigenvalue weighted by atomic mass is 35.5. The molecule has 0 aliphatic rings. The fraction of sp³-hybridized carbons (Fsp3) is 0.267. The molecule has 0 saturated heterocycles. The summed E-state index contributed by atoms with van der Waals surface area (Å²) in [6, 6.07) is 9.56. The molecule has 0 fully saturated rings. The van der Waals surface area contributed by atoms with Crippen LogP contribution in [0.25, 0.3) is 0 Å². The van der Waals surface area contributed by atoms with Crippen LogP contribution in [0.2, 0.25) is 5.02 Å². The van der Waals surface area contributed by atoms with Crippen molar-refractivity contribution in [1.82, 2.24) is 4.98 Å². The highest BCUT2D eigenvalue weighted by Crippen LogP contribution is 2.24. The highest BCUT2D eigenvalue weighted by molar-refractivity contribution is 6.31. The number of halogens is 1. The third kappa shape index (κ3) is 3.25. The van der Waals surface area contributed by atoms with Gasteiger partial charge in [-0.1, -0.05) is 29.8 Å². The molecule has 3 nitrogen and oxygen atoms in total. The van der Waals surface area contributed by atoms with Gasteiger partial charge in [0.05, 0.1) is 0 Å². The molecule has 4 heteroatoms. The van der Waals surface area contributed by atoms with Crippen molar-refractivity contribution in [1.29, 1.82) is 0 Å². The van der Waals surface area contributed by atoms with E-state index in [1.807, 2.05) is 44.2 Å². The van der Waals surface area contributed by atoms with Crippen molar-refractivity contribution in [2.75, 3.05) is 0 Å². The number of nitrogens with zero attached hydrogens (tertiary/aromatic N) is 1. The van der Waals surface area contributed by atoms with Gasteiger partial charge in [-0.3, -0.25) is 4.98 Å². The lowest BCUT2D eigenvalue weighted by Crippen LogP contribution is -2.07. The summed E-state index contributed by atoms with van der Waals surface area (Å²) in [6.45, 7) is 4.72. The first kappa shape index (κ1) is 13.8. The second kappa shape index (κ2) is 6.04. The van der Waals surface area contributed by atoms with Crippen LogP contribution in [-0.4, -0.2) is 4.98 Å². The number of aryl methyl sites for hydroxylation is 2. The first-order valence-electron chi connectivity index (χ1n) is 6.15. The van der Waals surface area contributed by atoms with Crippen LogP contribution in [0.5, 0.6) is 5.75 Å². The number of nitrogens with two attached hydrogens (primary N) is 1. The Morgan fingerprint density at radius 3 is 2.68 bits per heavy atom. The quantitative estimate of drug-likeness (QED) is 0.931. The Morgan fingerprint density at radius 1 is 1.26 bits per heavy atom. The maximum Gasteiger partial charge on any atom is 0.127 e. The number of rotatable bonds is 4. The van der Waals surface area contributed by atoms with Crippen molar-refractivity contribution in [2.45, 2.75) is 27.0 Å². The molecule has 0 atom stereocenters. The lowest BCUT2D eigenvalue weighted by atomic mass is 10.1. The first-order valence-corrected chi connectivity index (χ1v) is 6.53. The van der Waals surface area contributed by atoms with Gasteiger partial charge in [0.15, 0.2) is 0 Å². The molecule has 1 aromatic carbocycles. The molecule has 2 rings (SSSR count). The lowest BCUT2D eigenvalue weighted by Gasteiger charge is -2.13. The van der Waals surface area contributed by atoms with Crippen LogP contribution < -0.4 is 10.5 Å². The predicted molar refractivity (Wildman–Crippen MR) is 77.4 cm³/mol. The van der Waals surface area contributed by atoms with Crippen LogP contribution in [0.3, 0.4) is 0 Å². The Balaban J connectivity index is 2.22. The standard InChI is InChI=1S/C15H17ClN2O/c1-10-7-15(13(8-17)11(2)18-10)19-9-12-5-3-4-6-14(12)16/h3-7H,8-9,17H2,1-2H3. The summed E-state index contributed by atoms with van der Waals surface area (Å²) >= 11 is 6.11. The summed E-state index contributed by atoms with van der Waals surface area (Å²) in [5.41, 5.74) is 9.49. The van der Waals surface area contributed by atoms with Gasteiger partial charge >= 0.3 is 0 Å². The summed E-state index contributed by atoms with van der Waals surface area (Å²) in [5.74, 6) is 0.785. The number of hydrogen-bond acceptors (Lipinski definition) is 3. The molecular formula is C15H17ClN2O. The van der Waals surface area contributed by atoms with E-state index in [4.69, 9.17) is 22.1 Å². The first-order chi connectivity index (χ1) is 9.11. The van der Waals surface area contributed by atoms with E-state index in [1.54, 1.807) is 0 Å². The molecule has 2 aromatic rings. The fourth-order valence-electron chi connectivity index (χ4n) is 1.97. The topological polar surface area (TPSA) is 48.1 Å². The van der Waals surface area contributed by atoms with Crippen LogP contribution in [0.4, 0.5) is 0 Å². The summed E-state index contributed by atoms with van der Waals surface area (Å²) in [5, 5.41) is 0.708. The third-order valence-corrected chi connectivity index (χ3v) is 3.33. The van der Waals surface area contributed by atoms with Crippen LogP contribution in [0.15, 0.2) is 30.3 Å². The Hall–Kier alpha value is -1.58. The summed E-state index contributed by atoms with van der Waals surface area (Å²) in [6.07, 6.45) is 0. The maximum atomic E-state index is 6.11. The molecule has 0 aliphatic carbocycles. The molecule has 2 N–H and O–H groups in total. The summed E-state index contributed by atoms with van der Waals surface area (Å²) in [4.78, 5) is 4.39. The zero-order chi connectivity index (χ0) is 13.8. The van der Waals surface area contributed by atoms with Crippen molar-refractivity contribution in [3.8, 4) is 5.75 Å². The molecule has 1 aromatic heterocycles. The molecule has 0 amide bonds. The van der Waals surface area contributed by atoms with Crippen LogP contribution in [0, 0.1) is 13.8 Å². The number of ether oxygens (including phenoxy) is 1. The van der Waals surface area contributed by atoms with Crippen LogP contribution in [0.1, 0.15) is 22.5 Å². The fourth-order valence-corrected chi connectivity index (χ4v) is 2.16. The third-order valence-electron chi connectivity index (χ3n) is 2.96. The van der Waals surface area contributed by atoms with Crippen molar-refractivity contribution in [2.24, 2.45) is 5.73 Å².